The Balaban J connectivity index is 2.42. The predicted molar refractivity (Wildman–Crippen MR) is 64.9 cm³/mol. The lowest BCUT2D eigenvalue weighted by Gasteiger charge is -2.24. The summed E-state index contributed by atoms with van der Waals surface area (Å²) in [5.41, 5.74) is 1.75. The molecule has 1 aromatic heterocycles. The standard InChI is InChI=1S/C13H22N2/c1-4-14-10-7-13(2,3)11-12-5-8-15-9-6-12/h5-6,8-9,14H,4,7,10-11H2,1-3H3. The van der Waals surface area contributed by atoms with Crippen LogP contribution in [0.3, 0.4) is 0 Å². The van der Waals surface area contributed by atoms with E-state index in [-0.39, 0.29) is 0 Å². The quantitative estimate of drug-likeness (QED) is 0.724. The van der Waals surface area contributed by atoms with Gasteiger partial charge in [-0.3, -0.25) is 4.98 Å². The molecule has 0 unspecified atom stereocenters. The van der Waals surface area contributed by atoms with Gasteiger partial charge in [-0.05, 0) is 49.0 Å². The number of pyridine rings is 1. The van der Waals surface area contributed by atoms with E-state index in [4.69, 9.17) is 0 Å². The van der Waals surface area contributed by atoms with Crippen molar-refractivity contribution in [3.8, 4) is 0 Å². The second-order valence-electron chi connectivity index (χ2n) is 4.80. The molecule has 2 heteroatoms. The molecule has 0 saturated heterocycles. The molecule has 0 radical (unpaired) electrons. The molecule has 0 aliphatic carbocycles. The van der Waals surface area contributed by atoms with Crippen LogP contribution >= 0.6 is 0 Å². The molecular weight excluding hydrogens is 184 g/mol. The van der Waals surface area contributed by atoms with E-state index in [0.717, 1.165) is 19.5 Å². The van der Waals surface area contributed by atoms with Gasteiger partial charge in [-0.15, -0.1) is 0 Å². The third-order valence-electron chi connectivity index (χ3n) is 2.66. The fraction of sp³-hybridized carbons (Fsp3) is 0.615. The molecular formula is C13H22N2. The Morgan fingerprint density at radius 2 is 1.93 bits per heavy atom. The average molecular weight is 206 g/mol. The van der Waals surface area contributed by atoms with E-state index >= 15 is 0 Å². The number of aromatic nitrogens is 1. The predicted octanol–water partition coefficient (Wildman–Crippen LogP) is 2.65. The van der Waals surface area contributed by atoms with Crippen LogP contribution in [0.15, 0.2) is 24.5 Å². The number of nitrogens with one attached hydrogen (secondary N) is 1. The van der Waals surface area contributed by atoms with Gasteiger partial charge in [-0.1, -0.05) is 20.8 Å². The van der Waals surface area contributed by atoms with E-state index < -0.39 is 0 Å². The first-order valence-electron chi connectivity index (χ1n) is 5.74. The van der Waals surface area contributed by atoms with Crippen molar-refractivity contribution in [2.45, 2.75) is 33.6 Å². The molecule has 15 heavy (non-hydrogen) atoms. The van der Waals surface area contributed by atoms with Gasteiger partial charge < -0.3 is 5.32 Å². The molecule has 0 fully saturated rings. The molecule has 1 rings (SSSR count). The molecule has 0 saturated carbocycles. The highest BCUT2D eigenvalue weighted by Gasteiger charge is 2.17. The minimum Gasteiger partial charge on any atom is -0.317 e. The number of rotatable bonds is 6. The van der Waals surface area contributed by atoms with Crippen molar-refractivity contribution in [3.05, 3.63) is 30.1 Å². The molecule has 84 valence electrons. The van der Waals surface area contributed by atoms with Gasteiger partial charge >= 0.3 is 0 Å². The number of hydrogen-bond acceptors (Lipinski definition) is 2. The van der Waals surface area contributed by atoms with Gasteiger partial charge in [0.25, 0.3) is 0 Å². The van der Waals surface area contributed by atoms with Crippen molar-refractivity contribution in [3.63, 3.8) is 0 Å². The second-order valence-corrected chi connectivity index (χ2v) is 4.80. The smallest absolute Gasteiger partial charge is 0.0270 e. The van der Waals surface area contributed by atoms with E-state index in [2.05, 4.69) is 43.2 Å². The summed E-state index contributed by atoms with van der Waals surface area (Å²) in [6.07, 6.45) is 6.08. The summed E-state index contributed by atoms with van der Waals surface area (Å²) in [5.74, 6) is 0. The Kier molecular flexibility index (Phi) is 4.76. The average Bonchev–Trinajstić information content (AvgIpc) is 2.18. The summed E-state index contributed by atoms with van der Waals surface area (Å²) in [4.78, 5) is 4.04. The van der Waals surface area contributed by atoms with E-state index in [1.54, 1.807) is 0 Å². The van der Waals surface area contributed by atoms with Crippen LogP contribution in [0.5, 0.6) is 0 Å². The van der Waals surface area contributed by atoms with Crippen molar-refractivity contribution in [1.29, 1.82) is 0 Å². The fourth-order valence-corrected chi connectivity index (χ4v) is 1.75. The van der Waals surface area contributed by atoms with Crippen molar-refractivity contribution in [1.82, 2.24) is 10.3 Å². The lowest BCUT2D eigenvalue weighted by atomic mass is 9.83. The second kappa shape index (κ2) is 5.86. The highest BCUT2D eigenvalue weighted by Crippen LogP contribution is 2.24. The van der Waals surface area contributed by atoms with Gasteiger partial charge in [-0.2, -0.15) is 0 Å². The first-order valence-corrected chi connectivity index (χ1v) is 5.74. The van der Waals surface area contributed by atoms with E-state index in [9.17, 15) is 0 Å². The van der Waals surface area contributed by atoms with Crippen LogP contribution in [0.2, 0.25) is 0 Å². The van der Waals surface area contributed by atoms with Crippen molar-refractivity contribution in [2.75, 3.05) is 13.1 Å². The van der Waals surface area contributed by atoms with Gasteiger partial charge in [0.2, 0.25) is 0 Å². The van der Waals surface area contributed by atoms with Crippen molar-refractivity contribution < 1.29 is 0 Å². The van der Waals surface area contributed by atoms with Crippen molar-refractivity contribution in [2.24, 2.45) is 5.41 Å². The summed E-state index contributed by atoms with van der Waals surface area (Å²) in [6.45, 7) is 8.96. The molecule has 0 bridgehead atoms. The maximum absolute atomic E-state index is 4.04. The molecule has 1 aromatic rings. The van der Waals surface area contributed by atoms with E-state index in [0.29, 0.717) is 5.41 Å². The van der Waals surface area contributed by atoms with Gasteiger partial charge in [0.05, 0.1) is 0 Å². The first-order chi connectivity index (χ1) is 7.14. The molecule has 0 aliphatic heterocycles. The zero-order chi connectivity index (χ0) is 11.1. The van der Waals surface area contributed by atoms with Crippen LogP contribution in [0, 0.1) is 5.41 Å². The van der Waals surface area contributed by atoms with Gasteiger partial charge in [-0.25, -0.2) is 0 Å². The Morgan fingerprint density at radius 3 is 2.53 bits per heavy atom. The molecule has 1 N–H and O–H groups in total. The zero-order valence-corrected chi connectivity index (χ0v) is 10.1. The fourth-order valence-electron chi connectivity index (χ4n) is 1.75. The highest BCUT2D eigenvalue weighted by atomic mass is 14.8. The topological polar surface area (TPSA) is 24.9 Å². The molecule has 0 aliphatic rings. The van der Waals surface area contributed by atoms with Gasteiger partial charge in [0, 0.05) is 12.4 Å². The maximum atomic E-state index is 4.04. The van der Waals surface area contributed by atoms with Crippen LogP contribution in [-0.2, 0) is 6.42 Å². The third kappa shape index (κ3) is 4.93. The number of hydrogen-bond donors (Lipinski definition) is 1. The summed E-state index contributed by atoms with van der Waals surface area (Å²) in [5, 5.41) is 3.38. The molecule has 0 atom stereocenters. The van der Waals surface area contributed by atoms with Crippen LogP contribution in [0.25, 0.3) is 0 Å². The van der Waals surface area contributed by atoms with E-state index in [1.165, 1.54) is 12.0 Å². The lowest BCUT2D eigenvalue weighted by molar-refractivity contribution is 0.327. The monoisotopic (exact) mass is 206 g/mol. The molecule has 0 aromatic carbocycles. The van der Waals surface area contributed by atoms with E-state index in [1.807, 2.05) is 12.4 Å². The highest BCUT2D eigenvalue weighted by molar-refractivity contribution is 5.11. The third-order valence-corrected chi connectivity index (χ3v) is 2.66. The Morgan fingerprint density at radius 1 is 1.27 bits per heavy atom. The molecule has 0 spiro atoms. The SMILES string of the molecule is CCNCCC(C)(C)Cc1ccncc1. The first kappa shape index (κ1) is 12.2. The lowest BCUT2D eigenvalue weighted by Crippen LogP contribution is -2.23. The number of nitrogens with zero attached hydrogens (tertiary/aromatic N) is 1. The van der Waals surface area contributed by atoms with Gasteiger partial charge in [0.1, 0.15) is 0 Å². The summed E-state index contributed by atoms with van der Waals surface area (Å²) >= 11 is 0. The largest absolute Gasteiger partial charge is 0.317 e. The molecule has 1 heterocycles. The Hall–Kier alpha value is -0.890. The van der Waals surface area contributed by atoms with Crippen LogP contribution in [-0.4, -0.2) is 18.1 Å². The van der Waals surface area contributed by atoms with Crippen LogP contribution in [0.1, 0.15) is 32.8 Å². The minimum atomic E-state index is 0.365. The Bertz CT molecular complexity index is 267. The Labute approximate surface area is 93.1 Å². The summed E-state index contributed by atoms with van der Waals surface area (Å²) in [7, 11) is 0. The maximum Gasteiger partial charge on any atom is 0.0270 e. The summed E-state index contributed by atoms with van der Waals surface area (Å²) in [6, 6.07) is 4.21. The van der Waals surface area contributed by atoms with Crippen LogP contribution < -0.4 is 5.32 Å². The molecule has 0 amide bonds. The van der Waals surface area contributed by atoms with Crippen LogP contribution in [0.4, 0.5) is 0 Å². The molecule has 2 nitrogen and oxygen atoms in total. The summed E-state index contributed by atoms with van der Waals surface area (Å²) < 4.78 is 0. The normalized spacial score (nSPS) is 11.7. The van der Waals surface area contributed by atoms with Gasteiger partial charge in [0.15, 0.2) is 0 Å². The zero-order valence-electron chi connectivity index (χ0n) is 10.1. The van der Waals surface area contributed by atoms with Crippen molar-refractivity contribution >= 4 is 0 Å². The minimum absolute atomic E-state index is 0.365.